The highest BCUT2D eigenvalue weighted by Crippen LogP contribution is 2.25. The van der Waals surface area contributed by atoms with Crippen LogP contribution in [0.25, 0.3) is 0 Å². The monoisotopic (exact) mass is 521 g/mol. The summed E-state index contributed by atoms with van der Waals surface area (Å²) >= 11 is 0. The Bertz CT molecular complexity index is 958. The lowest BCUT2D eigenvalue weighted by atomic mass is 9.84. The van der Waals surface area contributed by atoms with Gasteiger partial charge in [0.2, 0.25) is 0 Å². The second kappa shape index (κ2) is 13.2. The lowest BCUT2D eigenvalue weighted by molar-refractivity contribution is -0.176. The molecule has 1 aromatic carbocycles. The van der Waals surface area contributed by atoms with Crippen molar-refractivity contribution < 1.29 is 43.3 Å². The van der Waals surface area contributed by atoms with Gasteiger partial charge < -0.3 is 24.6 Å². The largest absolute Gasteiger partial charge is 0.481 e. The first kappa shape index (κ1) is 31.6. The average Bonchev–Trinajstić information content (AvgIpc) is 2.73. The van der Waals surface area contributed by atoms with Crippen LogP contribution in [0.5, 0.6) is 0 Å². The number of carbonyl (C=O) groups excluding carboxylic acids is 4. The van der Waals surface area contributed by atoms with Crippen molar-refractivity contribution >= 4 is 29.8 Å². The van der Waals surface area contributed by atoms with Crippen molar-refractivity contribution in [3.8, 4) is 0 Å². The number of aliphatic carboxylic acids is 1. The third-order valence-electron chi connectivity index (χ3n) is 4.96. The fourth-order valence-electron chi connectivity index (χ4n) is 3.37. The van der Waals surface area contributed by atoms with E-state index in [9.17, 15) is 29.1 Å². The van der Waals surface area contributed by atoms with E-state index in [0.29, 0.717) is 5.56 Å². The minimum atomic E-state index is -2.00. The molecule has 1 amide bonds. The molecule has 0 bridgehead atoms. The maximum atomic E-state index is 13.3. The van der Waals surface area contributed by atoms with Gasteiger partial charge in [-0.1, -0.05) is 44.2 Å². The summed E-state index contributed by atoms with van der Waals surface area (Å²) in [6.07, 6.45) is -1.52. The van der Waals surface area contributed by atoms with Gasteiger partial charge in [0.25, 0.3) is 0 Å². The molecule has 0 aromatic heterocycles. The van der Waals surface area contributed by atoms with Gasteiger partial charge in [-0.15, -0.1) is 0 Å². The molecule has 2 N–H and O–H groups in total. The highest BCUT2D eigenvalue weighted by molar-refractivity contribution is 6.00. The van der Waals surface area contributed by atoms with Crippen LogP contribution >= 0.6 is 0 Å². The predicted octanol–water partition coefficient (Wildman–Crippen LogP) is 3.90. The number of benzene rings is 1. The lowest BCUT2D eigenvalue weighted by Crippen LogP contribution is -2.48. The minimum Gasteiger partial charge on any atom is -0.481 e. The molecule has 0 spiro atoms. The summed E-state index contributed by atoms with van der Waals surface area (Å²) in [5, 5.41) is 12.4. The molecule has 1 unspecified atom stereocenters. The normalized spacial score (nSPS) is 14.2. The van der Waals surface area contributed by atoms with E-state index in [0.717, 1.165) is 0 Å². The Morgan fingerprint density at radius 2 is 1.41 bits per heavy atom. The number of esters is 2. The van der Waals surface area contributed by atoms with Gasteiger partial charge in [0, 0.05) is 6.42 Å². The Kier molecular flexibility index (Phi) is 11.3. The number of hydrogen-bond donors (Lipinski definition) is 2. The standard InChI is InChI=1S/C27H39NO9/c1-16(2)21(28-25(34)37-27(6,7)8)19(29)14-18(20(22(30)31)24(33)36-26(3,4)5)23(32)35-15-17-12-10-9-11-13-17/h9-13,16,18,20-21H,14-15H2,1-8H3,(H,28,34)(H,30,31)/t18-,20?,21-/m0/s1. The number of carboxylic acids is 1. The SMILES string of the molecule is CC(C)[C@H](NC(=O)OC(C)(C)C)C(=O)C[C@H](C(=O)OCc1ccccc1)C(C(=O)O)C(=O)OC(C)(C)C. The van der Waals surface area contributed by atoms with Crippen molar-refractivity contribution in [3.63, 3.8) is 0 Å². The number of carboxylic acid groups (broad SMARTS) is 1. The molecule has 0 radical (unpaired) electrons. The number of Topliss-reactive ketones (excluding diaryl/α,β-unsaturated/α-hetero) is 1. The van der Waals surface area contributed by atoms with E-state index in [4.69, 9.17) is 14.2 Å². The number of hydrogen-bond acceptors (Lipinski definition) is 8. The zero-order chi connectivity index (χ0) is 28.6. The van der Waals surface area contributed by atoms with Crippen molar-refractivity contribution in [3.05, 3.63) is 35.9 Å². The van der Waals surface area contributed by atoms with Crippen molar-refractivity contribution in [2.24, 2.45) is 17.8 Å². The highest BCUT2D eigenvalue weighted by atomic mass is 16.6. The average molecular weight is 522 g/mol. The molecule has 0 aliphatic heterocycles. The van der Waals surface area contributed by atoms with Crippen LogP contribution in [0.3, 0.4) is 0 Å². The first-order chi connectivity index (χ1) is 16.9. The Hall–Kier alpha value is -3.43. The van der Waals surface area contributed by atoms with Crippen LogP contribution < -0.4 is 5.32 Å². The molecule has 0 saturated carbocycles. The Labute approximate surface area is 218 Å². The zero-order valence-electron chi connectivity index (χ0n) is 22.8. The quantitative estimate of drug-likeness (QED) is 0.251. The van der Waals surface area contributed by atoms with Crippen LogP contribution in [0.4, 0.5) is 4.79 Å². The summed E-state index contributed by atoms with van der Waals surface area (Å²) in [5.41, 5.74) is -1.22. The topological polar surface area (TPSA) is 145 Å². The summed E-state index contributed by atoms with van der Waals surface area (Å²) < 4.78 is 15.8. The van der Waals surface area contributed by atoms with E-state index < -0.39 is 71.2 Å². The first-order valence-electron chi connectivity index (χ1n) is 12.1. The molecule has 1 aromatic rings. The third kappa shape index (κ3) is 11.4. The van der Waals surface area contributed by atoms with Gasteiger partial charge >= 0.3 is 24.0 Å². The van der Waals surface area contributed by atoms with Crippen molar-refractivity contribution in [1.29, 1.82) is 0 Å². The van der Waals surface area contributed by atoms with Gasteiger partial charge in [-0.3, -0.25) is 19.2 Å². The molecule has 0 aliphatic carbocycles. The molecule has 3 atom stereocenters. The molecule has 1 rings (SSSR count). The number of ether oxygens (including phenoxy) is 3. The van der Waals surface area contributed by atoms with Crippen LogP contribution in [0.2, 0.25) is 0 Å². The molecule has 206 valence electrons. The van der Waals surface area contributed by atoms with E-state index in [1.54, 1.807) is 85.7 Å². The molecule has 37 heavy (non-hydrogen) atoms. The van der Waals surface area contributed by atoms with E-state index in [-0.39, 0.29) is 6.61 Å². The van der Waals surface area contributed by atoms with Crippen LogP contribution in [-0.4, -0.2) is 52.1 Å². The van der Waals surface area contributed by atoms with E-state index >= 15 is 0 Å². The van der Waals surface area contributed by atoms with E-state index in [1.807, 2.05) is 0 Å². The zero-order valence-corrected chi connectivity index (χ0v) is 22.8. The Morgan fingerprint density at radius 3 is 1.86 bits per heavy atom. The molecule has 0 fully saturated rings. The molecule has 0 saturated heterocycles. The lowest BCUT2D eigenvalue weighted by Gasteiger charge is -2.28. The Morgan fingerprint density at radius 1 is 0.865 bits per heavy atom. The van der Waals surface area contributed by atoms with E-state index in [1.165, 1.54) is 0 Å². The second-order valence-electron chi connectivity index (χ2n) is 11.1. The number of rotatable bonds is 11. The molecule has 0 aliphatic rings. The van der Waals surface area contributed by atoms with Crippen molar-refractivity contribution in [2.75, 3.05) is 0 Å². The summed E-state index contributed by atoms with van der Waals surface area (Å²) in [4.78, 5) is 63.7. The molecule has 10 heteroatoms. The fraction of sp³-hybridized carbons (Fsp3) is 0.593. The fourth-order valence-corrected chi connectivity index (χ4v) is 3.37. The van der Waals surface area contributed by atoms with Gasteiger partial charge in [0.1, 0.15) is 17.8 Å². The van der Waals surface area contributed by atoms with Gasteiger partial charge in [-0.2, -0.15) is 0 Å². The highest BCUT2D eigenvalue weighted by Gasteiger charge is 2.45. The number of ketones is 1. The van der Waals surface area contributed by atoms with Gasteiger partial charge in [-0.05, 0) is 53.0 Å². The van der Waals surface area contributed by atoms with Gasteiger partial charge in [0.15, 0.2) is 11.7 Å². The third-order valence-corrected chi connectivity index (χ3v) is 4.96. The van der Waals surface area contributed by atoms with Gasteiger partial charge in [-0.25, -0.2) is 4.79 Å². The van der Waals surface area contributed by atoms with Crippen molar-refractivity contribution in [1.82, 2.24) is 5.32 Å². The maximum Gasteiger partial charge on any atom is 0.408 e. The summed E-state index contributed by atoms with van der Waals surface area (Å²) in [7, 11) is 0. The maximum absolute atomic E-state index is 13.3. The summed E-state index contributed by atoms with van der Waals surface area (Å²) in [5.74, 6) is -8.62. The summed E-state index contributed by atoms with van der Waals surface area (Å²) in [6, 6.07) is 7.55. The van der Waals surface area contributed by atoms with Gasteiger partial charge in [0.05, 0.1) is 12.0 Å². The van der Waals surface area contributed by atoms with Crippen molar-refractivity contribution in [2.45, 2.75) is 85.7 Å². The van der Waals surface area contributed by atoms with Crippen LogP contribution in [0.15, 0.2) is 30.3 Å². The molecular formula is C27H39NO9. The number of amides is 1. The van der Waals surface area contributed by atoms with Crippen LogP contribution in [0, 0.1) is 17.8 Å². The minimum absolute atomic E-state index is 0.186. The Balaban J connectivity index is 3.27. The summed E-state index contributed by atoms with van der Waals surface area (Å²) in [6.45, 7) is 12.8. The number of carbonyl (C=O) groups is 5. The molecule has 0 heterocycles. The molecule has 10 nitrogen and oxygen atoms in total. The second-order valence-corrected chi connectivity index (χ2v) is 11.1. The number of nitrogens with one attached hydrogen (secondary N) is 1. The van der Waals surface area contributed by atoms with Crippen LogP contribution in [-0.2, 0) is 40.0 Å². The number of alkyl carbamates (subject to hydrolysis) is 1. The first-order valence-corrected chi connectivity index (χ1v) is 12.1. The van der Waals surface area contributed by atoms with Crippen LogP contribution in [0.1, 0.15) is 67.4 Å². The smallest absolute Gasteiger partial charge is 0.408 e. The predicted molar refractivity (Wildman–Crippen MR) is 134 cm³/mol. The van der Waals surface area contributed by atoms with E-state index in [2.05, 4.69) is 5.32 Å². The molecular weight excluding hydrogens is 482 g/mol.